The standard InChI is InChI=1S/C10H12BI2NO2/c1-10(2)5-15-11(16-6-10)7-3-8(12)14-9(13)4-7/h3-4H,5-6H2,1-2H3. The second kappa shape index (κ2) is 5.07. The minimum atomic E-state index is -0.238. The zero-order chi connectivity index (χ0) is 11.8. The normalized spacial score (nSPS) is 19.9. The minimum absolute atomic E-state index is 0.115. The molecule has 3 nitrogen and oxygen atoms in total. The molecule has 1 aliphatic rings. The zero-order valence-corrected chi connectivity index (χ0v) is 13.5. The summed E-state index contributed by atoms with van der Waals surface area (Å²) in [5.74, 6) is 0. The first-order chi connectivity index (χ1) is 7.46. The predicted molar refractivity (Wildman–Crippen MR) is 80.7 cm³/mol. The Kier molecular flexibility index (Phi) is 4.13. The Labute approximate surface area is 123 Å². The van der Waals surface area contributed by atoms with Crippen LogP contribution in [0.25, 0.3) is 0 Å². The molecular weight excluding hydrogens is 431 g/mol. The van der Waals surface area contributed by atoms with E-state index in [0.29, 0.717) is 0 Å². The maximum absolute atomic E-state index is 5.73. The van der Waals surface area contributed by atoms with Crippen LogP contribution >= 0.6 is 45.2 Å². The molecule has 1 aromatic rings. The number of hydrogen-bond acceptors (Lipinski definition) is 3. The van der Waals surface area contributed by atoms with Crippen molar-refractivity contribution in [1.82, 2.24) is 4.98 Å². The number of nitrogens with zero attached hydrogens (tertiary/aromatic N) is 1. The van der Waals surface area contributed by atoms with Gasteiger partial charge in [-0.2, -0.15) is 0 Å². The van der Waals surface area contributed by atoms with Gasteiger partial charge in [-0.1, -0.05) is 13.8 Å². The molecule has 0 unspecified atom stereocenters. The molecule has 1 aromatic heterocycles. The fourth-order valence-electron chi connectivity index (χ4n) is 1.50. The van der Waals surface area contributed by atoms with Gasteiger partial charge < -0.3 is 9.31 Å². The molecule has 0 bridgehead atoms. The Morgan fingerprint density at radius 3 is 2.19 bits per heavy atom. The second-order valence-electron chi connectivity index (χ2n) is 4.66. The van der Waals surface area contributed by atoms with E-state index in [0.717, 1.165) is 26.1 Å². The number of hydrogen-bond donors (Lipinski definition) is 0. The smallest absolute Gasteiger partial charge is 0.407 e. The third-order valence-electron chi connectivity index (χ3n) is 2.31. The van der Waals surface area contributed by atoms with Gasteiger partial charge >= 0.3 is 7.12 Å². The van der Waals surface area contributed by atoms with Crippen LogP contribution in [-0.4, -0.2) is 25.3 Å². The van der Waals surface area contributed by atoms with Crippen molar-refractivity contribution in [2.75, 3.05) is 13.2 Å². The van der Waals surface area contributed by atoms with Crippen LogP contribution in [0.2, 0.25) is 0 Å². The van der Waals surface area contributed by atoms with E-state index in [9.17, 15) is 0 Å². The van der Waals surface area contributed by atoms with Gasteiger partial charge in [0.25, 0.3) is 0 Å². The maximum atomic E-state index is 5.73. The molecule has 1 fully saturated rings. The molecule has 0 amide bonds. The molecule has 0 spiro atoms. The summed E-state index contributed by atoms with van der Waals surface area (Å²) in [4.78, 5) is 4.32. The fourth-order valence-corrected chi connectivity index (χ4v) is 3.20. The van der Waals surface area contributed by atoms with Crippen LogP contribution in [0.4, 0.5) is 0 Å². The molecule has 2 rings (SSSR count). The lowest BCUT2D eigenvalue weighted by Crippen LogP contribution is -2.47. The van der Waals surface area contributed by atoms with Crippen LogP contribution in [-0.2, 0) is 9.31 Å². The number of halogens is 2. The Bertz CT molecular complexity index is 370. The molecule has 0 radical (unpaired) electrons. The molecule has 16 heavy (non-hydrogen) atoms. The van der Waals surface area contributed by atoms with E-state index in [1.54, 1.807) is 0 Å². The average Bonchev–Trinajstić information content (AvgIpc) is 2.15. The summed E-state index contributed by atoms with van der Waals surface area (Å²) in [6.45, 7) is 5.74. The van der Waals surface area contributed by atoms with Crippen LogP contribution in [0.15, 0.2) is 12.1 Å². The van der Waals surface area contributed by atoms with E-state index in [-0.39, 0.29) is 12.5 Å². The van der Waals surface area contributed by atoms with Crippen molar-refractivity contribution >= 4 is 57.8 Å². The average molecular weight is 443 g/mol. The first-order valence-electron chi connectivity index (χ1n) is 5.02. The second-order valence-corrected chi connectivity index (χ2v) is 6.87. The van der Waals surface area contributed by atoms with Crippen LogP contribution in [0, 0.1) is 12.8 Å². The largest absolute Gasteiger partial charge is 0.494 e. The highest BCUT2D eigenvalue weighted by molar-refractivity contribution is 14.1. The van der Waals surface area contributed by atoms with Gasteiger partial charge in [0.1, 0.15) is 7.40 Å². The highest BCUT2D eigenvalue weighted by Gasteiger charge is 2.33. The van der Waals surface area contributed by atoms with Gasteiger partial charge in [0.05, 0.1) is 0 Å². The maximum Gasteiger partial charge on any atom is 0.494 e. The summed E-state index contributed by atoms with van der Waals surface area (Å²) in [6, 6.07) is 4.01. The fraction of sp³-hybridized carbons (Fsp3) is 0.500. The summed E-state index contributed by atoms with van der Waals surface area (Å²) >= 11 is 4.41. The summed E-state index contributed by atoms with van der Waals surface area (Å²) in [7, 11) is -0.238. The topological polar surface area (TPSA) is 31.4 Å². The highest BCUT2D eigenvalue weighted by atomic mass is 127. The predicted octanol–water partition coefficient (Wildman–Crippen LogP) is 2.06. The first-order valence-corrected chi connectivity index (χ1v) is 7.18. The Balaban J connectivity index is 2.14. The van der Waals surface area contributed by atoms with Crippen molar-refractivity contribution in [3.8, 4) is 0 Å². The van der Waals surface area contributed by atoms with Crippen molar-refractivity contribution in [2.24, 2.45) is 5.41 Å². The number of pyridine rings is 1. The number of aromatic nitrogens is 1. The van der Waals surface area contributed by atoms with Gasteiger partial charge in [-0.05, 0) is 62.8 Å². The van der Waals surface area contributed by atoms with Gasteiger partial charge in [0.2, 0.25) is 0 Å². The third kappa shape index (κ3) is 3.30. The van der Waals surface area contributed by atoms with Crippen LogP contribution in [0.3, 0.4) is 0 Å². The minimum Gasteiger partial charge on any atom is -0.407 e. The number of rotatable bonds is 1. The highest BCUT2D eigenvalue weighted by Crippen LogP contribution is 2.21. The molecular formula is C10H12BI2NO2. The molecule has 2 heterocycles. The van der Waals surface area contributed by atoms with Crippen molar-refractivity contribution in [3.63, 3.8) is 0 Å². The Morgan fingerprint density at radius 2 is 1.69 bits per heavy atom. The van der Waals surface area contributed by atoms with E-state index in [4.69, 9.17) is 9.31 Å². The molecule has 1 aliphatic heterocycles. The Morgan fingerprint density at radius 1 is 1.19 bits per heavy atom. The molecule has 0 aromatic carbocycles. The molecule has 0 aliphatic carbocycles. The van der Waals surface area contributed by atoms with E-state index in [1.807, 2.05) is 12.1 Å². The van der Waals surface area contributed by atoms with Crippen molar-refractivity contribution in [1.29, 1.82) is 0 Å². The van der Waals surface area contributed by atoms with Gasteiger partial charge in [-0.3, -0.25) is 0 Å². The van der Waals surface area contributed by atoms with Gasteiger partial charge in [-0.25, -0.2) is 4.98 Å². The summed E-state index contributed by atoms with van der Waals surface area (Å²) in [5, 5.41) is 0. The molecule has 6 heteroatoms. The van der Waals surface area contributed by atoms with Crippen LogP contribution in [0.1, 0.15) is 13.8 Å². The SMILES string of the molecule is CC1(C)COB(c2cc(I)nc(I)c2)OC1. The first kappa shape index (κ1) is 13.0. The quantitative estimate of drug-likeness (QED) is 0.379. The monoisotopic (exact) mass is 443 g/mol. The summed E-state index contributed by atoms with van der Waals surface area (Å²) < 4.78 is 13.4. The third-order valence-corrected chi connectivity index (χ3v) is 3.41. The lowest BCUT2D eigenvalue weighted by molar-refractivity contribution is 0.0343. The molecule has 1 saturated heterocycles. The lowest BCUT2D eigenvalue weighted by Gasteiger charge is -2.33. The van der Waals surface area contributed by atoms with E-state index >= 15 is 0 Å². The molecule has 0 saturated carbocycles. The van der Waals surface area contributed by atoms with E-state index in [2.05, 4.69) is 64.0 Å². The lowest BCUT2D eigenvalue weighted by atomic mass is 9.76. The van der Waals surface area contributed by atoms with Crippen LogP contribution in [0.5, 0.6) is 0 Å². The van der Waals surface area contributed by atoms with Gasteiger partial charge in [-0.15, -0.1) is 0 Å². The van der Waals surface area contributed by atoms with Crippen LogP contribution < -0.4 is 5.46 Å². The molecule has 86 valence electrons. The molecule has 0 atom stereocenters. The van der Waals surface area contributed by atoms with Crippen molar-refractivity contribution in [2.45, 2.75) is 13.8 Å². The van der Waals surface area contributed by atoms with Gasteiger partial charge in [0.15, 0.2) is 0 Å². The van der Waals surface area contributed by atoms with Crippen molar-refractivity contribution in [3.05, 3.63) is 19.5 Å². The van der Waals surface area contributed by atoms with Crippen molar-refractivity contribution < 1.29 is 9.31 Å². The molecule has 0 N–H and O–H groups in total. The van der Waals surface area contributed by atoms with E-state index in [1.165, 1.54) is 0 Å². The summed E-state index contributed by atoms with van der Waals surface area (Å²) in [5.41, 5.74) is 1.17. The van der Waals surface area contributed by atoms with Gasteiger partial charge in [0, 0.05) is 18.6 Å². The zero-order valence-electron chi connectivity index (χ0n) is 9.17. The summed E-state index contributed by atoms with van der Waals surface area (Å²) in [6.07, 6.45) is 0. The Hall–Kier alpha value is 0.595. The van der Waals surface area contributed by atoms with E-state index < -0.39 is 0 Å².